The summed E-state index contributed by atoms with van der Waals surface area (Å²) in [5.74, 6) is 0.823. The van der Waals surface area contributed by atoms with Gasteiger partial charge in [0.25, 0.3) is 0 Å². The Morgan fingerprint density at radius 2 is 1.94 bits per heavy atom. The number of benzene rings is 2. The van der Waals surface area contributed by atoms with Crippen LogP contribution in [0.15, 0.2) is 60.7 Å². The summed E-state index contributed by atoms with van der Waals surface area (Å²) in [5.41, 5.74) is 3.38. The highest BCUT2D eigenvalue weighted by molar-refractivity contribution is 5.92. The smallest absolute Gasteiger partial charge is 0.313 e. The molecule has 0 radical (unpaired) electrons. The van der Waals surface area contributed by atoms with Crippen LogP contribution in [-0.4, -0.2) is 49.6 Å². The van der Waals surface area contributed by atoms with Crippen molar-refractivity contribution >= 4 is 17.6 Å². The van der Waals surface area contributed by atoms with Crippen molar-refractivity contribution in [1.82, 2.24) is 4.90 Å². The zero-order chi connectivity index (χ0) is 24.8. The molecule has 6 heteroatoms. The van der Waals surface area contributed by atoms with E-state index in [0.717, 1.165) is 54.2 Å². The zero-order valence-corrected chi connectivity index (χ0v) is 20.8. The number of allylic oxidation sites excluding steroid dienone is 1. The SMILES string of the molecule is C=C1CC2COC(=O)C2(Cc2ccc(NC(=O)Cc3cccc(OCCN(CC)CC)c3)cc2)C1. The van der Waals surface area contributed by atoms with Gasteiger partial charge in [0.1, 0.15) is 12.4 Å². The normalized spacial score (nSPS) is 21.2. The van der Waals surface area contributed by atoms with E-state index in [2.05, 4.69) is 30.6 Å². The number of amides is 1. The Labute approximate surface area is 208 Å². The van der Waals surface area contributed by atoms with E-state index in [9.17, 15) is 9.59 Å². The van der Waals surface area contributed by atoms with E-state index in [-0.39, 0.29) is 24.2 Å². The molecule has 0 aromatic heterocycles. The molecule has 186 valence electrons. The van der Waals surface area contributed by atoms with Crippen molar-refractivity contribution in [1.29, 1.82) is 0 Å². The summed E-state index contributed by atoms with van der Waals surface area (Å²) < 4.78 is 11.3. The van der Waals surface area contributed by atoms with Crippen LogP contribution in [0.2, 0.25) is 0 Å². The van der Waals surface area contributed by atoms with Crippen LogP contribution in [0, 0.1) is 11.3 Å². The highest BCUT2D eigenvalue weighted by Crippen LogP contribution is 2.52. The summed E-state index contributed by atoms with van der Waals surface area (Å²) in [6, 6.07) is 15.5. The number of carbonyl (C=O) groups excluding carboxylic acids is 2. The van der Waals surface area contributed by atoms with E-state index < -0.39 is 5.41 Å². The quantitative estimate of drug-likeness (QED) is 0.378. The number of nitrogens with zero attached hydrogens (tertiary/aromatic N) is 1. The molecular formula is C29H36N2O4. The minimum absolute atomic E-state index is 0.0804. The molecule has 1 heterocycles. The second-order valence-electron chi connectivity index (χ2n) is 9.70. The summed E-state index contributed by atoms with van der Waals surface area (Å²) in [5, 5.41) is 2.97. The monoisotopic (exact) mass is 476 g/mol. The van der Waals surface area contributed by atoms with Gasteiger partial charge < -0.3 is 19.7 Å². The number of anilines is 1. The maximum absolute atomic E-state index is 12.6. The van der Waals surface area contributed by atoms with Crippen molar-refractivity contribution in [2.75, 3.05) is 38.2 Å². The number of ether oxygens (including phenoxy) is 2. The molecule has 1 saturated heterocycles. The van der Waals surface area contributed by atoms with Crippen LogP contribution in [0.4, 0.5) is 5.69 Å². The van der Waals surface area contributed by atoms with Gasteiger partial charge in [0.15, 0.2) is 0 Å². The molecule has 1 amide bonds. The molecule has 2 atom stereocenters. The lowest BCUT2D eigenvalue weighted by molar-refractivity contribution is -0.146. The van der Waals surface area contributed by atoms with Crippen molar-refractivity contribution in [2.24, 2.45) is 11.3 Å². The molecule has 1 aliphatic carbocycles. The molecule has 2 fully saturated rings. The van der Waals surface area contributed by atoms with Crippen molar-refractivity contribution < 1.29 is 19.1 Å². The topological polar surface area (TPSA) is 67.9 Å². The summed E-state index contributed by atoms with van der Waals surface area (Å²) >= 11 is 0. The number of esters is 1. The van der Waals surface area contributed by atoms with E-state index >= 15 is 0 Å². The average Bonchev–Trinajstić information content (AvgIpc) is 3.31. The lowest BCUT2D eigenvalue weighted by Crippen LogP contribution is -2.31. The first-order chi connectivity index (χ1) is 16.9. The van der Waals surface area contributed by atoms with Gasteiger partial charge in [-0.25, -0.2) is 0 Å². The van der Waals surface area contributed by atoms with Gasteiger partial charge in [0.2, 0.25) is 5.91 Å². The number of likely N-dealkylation sites (N-methyl/N-ethyl adjacent to an activating group) is 1. The first kappa shape index (κ1) is 25.0. The molecule has 35 heavy (non-hydrogen) atoms. The highest BCUT2D eigenvalue weighted by Gasteiger charge is 2.55. The van der Waals surface area contributed by atoms with Crippen LogP contribution in [0.25, 0.3) is 0 Å². The van der Waals surface area contributed by atoms with Crippen LogP contribution < -0.4 is 10.1 Å². The minimum Gasteiger partial charge on any atom is -0.492 e. The van der Waals surface area contributed by atoms with E-state index in [1.807, 2.05) is 48.5 Å². The molecule has 1 aliphatic heterocycles. The van der Waals surface area contributed by atoms with Crippen LogP contribution in [0.5, 0.6) is 5.75 Å². The van der Waals surface area contributed by atoms with E-state index in [4.69, 9.17) is 9.47 Å². The van der Waals surface area contributed by atoms with Crippen LogP contribution in [0.1, 0.15) is 37.8 Å². The van der Waals surface area contributed by atoms with Crippen molar-refractivity contribution in [3.8, 4) is 5.75 Å². The maximum Gasteiger partial charge on any atom is 0.313 e. The molecule has 6 nitrogen and oxygen atoms in total. The molecule has 1 N–H and O–H groups in total. The van der Waals surface area contributed by atoms with Gasteiger partial charge in [-0.3, -0.25) is 9.59 Å². The third-order valence-electron chi connectivity index (χ3n) is 7.30. The Hall–Kier alpha value is -3.12. The largest absolute Gasteiger partial charge is 0.492 e. The molecule has 0 bridgehead atoms. The van der Waals surface area contributed by atoms with E-state index in [1.54, 1.807) is 0 Å². The molecule has 2 aliphatic rings. The molecule has 2 aromatic rings. The van der Waals surface area contributed by atoms with Crippen LogP contribution >= 0.6 is 0 Å². The molecule has 1 saturated carbocycles. The number of cyclic esters (lactones) is 1. The summed E-state index contributed by atoms with van der Waals surface area (Å²) in [6.07, 6.45) is 2.48. The number of hydrogen-bond acceptors (Lipinski definition) is 5. The third-order valence-corrected chi connectivity index (χ3v) is 7.30. The second kappa shape index (κ2) is 11.1. The summed E-state index contributed by atoms with van der Waals surface area (Å²) in [7, 11) is 0. The predicted molar refractivity (Wildman–Crippen MR) is 137 cm³/mol. The number of rotatable bonds is 11. The fourth-order valence-corrected chi connectivity index (χ4v) is 5.30. The van der Waals surface area contributed by atoms with Gasteiger partial charge in [-0.05, 0) is 67.7 Å². The average molecular weight is 477 g/mol. The Morgan fingerprint density at radius 1 is 1.17 bits per heavy atom. The van der Waals surface area contributed by atoms with Gasteiger partial charge in [0, 0.05) is 18.2 Å². The maximum atomic E-state index is 12.6. The second-order valence-corrected chi connectivity index (χ2v) is 9.70. The van der Waals surface area contributed by atoms with Gasteiger partial charge >= 0.3 is 5.97 Å². The number of fused-ring (bicyclic) bond motifs is 1. The molecule has 0 spiro atoms. The fourth-order valence-electron chi connectivity index (χ4n) is 5.30. The molecule has 4 rings (SSSR count). The molecule has 2 aromatic carbocycles. The highest BCUT2D eigenvalue weighted by atomic mass is 16.5. The Kier molecular flexibility index (Phi) is 7.91. The summed E-state index contributed by atoms with van der Waals surface area (Å²) in [4.78, 5) is 27.5. The van der Waals surface area contributed by atoms with E-state index in [0.29, 0.717) is 26.1 Å². The molecular weight excluding hydrogens is 440 g/mol. The first-order valence-electron chi connectivity index (χ1n) is 12.6. The Bertz CT molecular complexity index is 1060. The van der Waals surface area contributed by atoms with Gasteiger partial charge in [-0.15, -0.1) is 0 Å². The minimum atomic E-state index is -0.472. The first-order valence-corrected chi connectivity index (χ1v) is 12.6. The van der Waals surface area contributed by atoms with E-state index in [1.165, 1.54) is 0 Å². The van der Waals surface area contributed by atoms with Crippen molar-refractivity contribution in [3.63, 3.8) is 0 Å². The Morgan fingerprint density at radius 3 is 2.69 bits per heavy atom. The van der Waals surface area contributed by atoms with Gasteiger partial charge in [-0.1, -0.05) is 50.3 Å². The lowest BCUT2D eigenvalue weighted by atomic mass is 9.75. The predicted octanol–water partition coefficient (Wildman–Crippen LogP) is 4.64. The third kappa shape index (κ3) is 5.93. The standard InChI is InChI=1S/C29H36N2O4/c1-4-31(5-2)13-14-34-26-8-6-7-23(16-26)17-27(32)30-25-11-9-22(10-12-25)19-29-18-21(3)15-24(29)20-35-28(29)33/h6-12,16,24H,3-5,13-15,17-20H2,1-2H3,(H,30,32). The number of carbonyl (C=O) groups is 2. The zero-order valence-electron chi connectivity index (χ0n) is 20.8. The lowest BCUT2D eigenvalue weighted by Gasteiger charge is -2.24. The van der Waals surface area contributed by atoms with Crippen LogP contribution in [-0.2, 0) is 27.2 Å². The number of hydrogen-bond donors (Lipinski definition) is 1. The number of nitrogens with one attached hydrogen (secondary N) is 1. The fraction of sp³-hybridized carbons (Fsp3) is 0.448. The van der Waals surface area contributed by atoms with Crippen molar-refractivity contribution in [3.05, 3.63) is 71.8 Å². The van der Waals surface area contributed by atoms with Crippen LogP contribution in [0.3, 0.4) is 0 Å². The molecule has 2 unspecified atom stereocenters. The van der Waals surface area contributed by atoms with Gasteiger partial charge in [-0.2, -0.15) is 0 Å². The van der Waals surface area contributed by atoms with Crippen molar-refractivity contribution in [2.45, 2.75) is 39.5 Å². The van der Waals surface area contributed by atoms with Gasteiger partial charge in [0.05, 0.1) is 18.4 Å². The Balaban J connectivity index is 1.30. The summed E-state index contributed by atoms with van der Waals surface area (Å²) in [6.45, 7) is 12.4.